The van der Waals surface area contributed by atoms with Crippen LogP contribution in [-0.4, -0.2) is 235 Å². The lowest BCUT2D eigenvalue weighted by Crippen LogP contribution is -2.71. The maximum Gasteiger partial charge on any atom is 0.335 e. The molecule has 0 bridgehead atoms. The smallest absolute Gasteiger partial charge is 0.335 e. The molecule has 31 heteroatoms. The fraction of sp³-hybridized carbons (Fsp3) is 0.857. The van der Waals surface area contributed by atoms with E-state index >= 15 is 0 Å². The summed E-state index contributed by atoms with van der Waals surface area (Å²) in [5.41, 5.74) is 0. The van der Waals surface area contributed by atoms with Gasteiger partial charge in [-0.25, -0.2) is 9.59 Å². The number of rotatable bonds is 14. The molecule has 0 radical (unpaired) electrons. The zero-order valence-corrected chi connectivity index (χ0v) is 31.9. The second-order valence-electron chi connectivity index (χ2n) is 13.8. The Morgan fingerprint density at radius 3 is 1.37 bits per heavy atom. The van der Waals surface area contributed by atoms with Gasteiger partial charge in [0, 0.05) is 13.8 Å². The minimum atomic E-state index is -5.12. The fourth-order valence-corrected chi connectivity index (χ4v) is 8.07. The molecule has 0 aromatic heterocycles. The van der Waals surface area contributed by atoms with Crippen molar-refractivity contribution >= 4 is 44.0 Å². The normalized spacial score (nSPS) is 43.3. The summed E-state index contributed by atoms with van der Waals surface area (Å²) in [7, 11) is -10.0. The first-order valence-electron chi connectivity index (χ1n) is 17.0. The monoisotopic (exact) mass is 904 g/mol. The van der Waals surface area contributed by atoms with Gasteiger partial charge in [-0.05, 0) is 0 Å². The zero-order valence-electron chi connectivity index (χ0n) is 30.3. The Kier molecular flexibility index (Phi) is 15.7. The molecular formula is C28H44N2O27S2. The van der Waals surface area contributed by atoms with E-state index in [1.165, 1.54) is 0 Å². The largest absolute Gasteiger partial charge is 0.479 e. The molecule has 20 atom stereocenters. The molecule has 4 fully saturated rings. The second-order valence-corrected chi connectivity index (χ2v) is 16.8. The second kappa shape index (κ2) is 19.0. The highest BCUT2D eigenvalue weighted by atomic mass is 32.2. The van der Waals surface area contributed by atoms with E-state index in [4.69, 9.17) is 33.2 Å². The number of amides is 2. The van der Waals surface area contributed by atoms with Crippen LogP contribution in [0.15, 0.2) is 0 Å². The van der Waals surface area contributed by atoms with Crippen LogP contribution in [0.25, 0.3) is 0 Å². The number of aliphatic hydroxyl groups is 8. The molecule has 4 heterocycles. The molecule has 0 saturated carbocycles. The Morgan fingerprint density at radius 1 is 0.508 bits per heavy atom. The standard InChI is InChI=1S/C28H44N2O27S2/c1-5(31)29-9-18(11(33)7(51-25(9)44)3-58(45,46)47)53-28-17(39)15(37)20(22(57-28)24(42)43)55-26-10(30-6(2)32)19(12(34)8(52-26)4-59(48,49)50)54-27-16(38)13(35)14(36)21(56-27)23(40)41/h7-22,25-28,33-39,44H,3-4H2,1-2H3,(H,29,31)(H,30,32)(H,40,41)(H,42,43)(H,45,46,47)(H,48,49,50)/t7-,8-,9-,10-,11+,12+,13+,14+,15-,16-,17-,18-,19-,20+,21+,22+,25-,26+,27-,28-/m1/s1. The highest BCUT2D eigenvalue weighted by Crippen LogP contribution is 2.35. The van der Waals surface area contributed by atoms with Gasteiger partial charge in [0.25, 0.3) is 20.2 Å². The Hall–Kier alpha value is -2.90. The molecule has 4 saturated heterocycles. The predicted octanol–water partition coefficient (Wildman–Crippen LogP) is -9.49. The number of hydrogen-bond donors (Lipinski definition) is 14. The maximum atomic E-state index is 12.6. The summed E-state index contributed by atoms with van der Waals surface area (Å²) < 4.78 is 103. The number of ether oxygens (including phenoxy) is 7. The number of carbonyl (C=O) groups excluding carboxylic acids is 2. The quantitative estimate of drug-likeness (QED) is 0.0720. The van der Waals surface area contributed by atoms with Crippen LogP contribution >= 0.6 is 0 Å². The fourth-order valence-electron chi connectivity index (χ4n) is 6.69. The van der Waals surface area contributed by atoms with E-state index in [1.54, 1.807) is 0 Å². The molecule has 29 nitrogen and oxygen atoms in total. The minimum Gasteiger partial charge on any atom is -0.479 e. The van der Waals surface area contributed by atoms with Crippen LogP contribution in [-0.2, 0) is 72.6 Å². The molecule has 59 heavy (non-hydrogen) atoms. The third kappa shape index (κ3) is 11.7. The van der Waals surface area contributed by atoms with Crippen LogP contribution in [0.3, 0.4) is 0 Å². The lowest BCUT2D eigenvalue weighted by atomic mass is 9.94. The molecule has 14 N–H and O–H groups in total. The molecule has 4 aliphatic rings. The van der Waals surface area contributed by atoms with E-state index in [9.17, 15) is 96.2 Å². The van der Waals surface area contributed by atoms with E-state index in [1.807, 2.05) is 0 Å². The van der Waals surface area contributed by atoms with Gasteiger partial charge in [-0.3, -0.25) is 18.7 Å². The van der Waals surface area contributed by atoms with Gasteiger partial charge in [-0.15, -0.1) is 0 Å². The molecule has 4 rings (SSSR count). The van der Waals surface area contributed by atoms with Crippen LogP contribution in [0, 0.1) is 0 Å². The van der Waals surface area contributed by atoms with E-state index in [2.05, 4.69) is 10.6 Å². The molecular weight excluding hydrogens is 860 g/mol. The first-order chi connectivity index (χ1) is 27.1. The molecule has 340 valence electrons. The van der Waals surface area contributed by atoms with Gasteiger partial charge in [0.2, 0.25) is 11.8 Å². The van der Waals surface area contributed by atoms with Gasteiger partial charge in [-0.1, -0.05) is 0 Å². The summed E-state index contributed by atoms with van der Waals surface area (Å²) in [4.78, 5) is 48.5. The van der Waals surface area contributed by atoms with Gasteiger partial charge in [0.15, 0.2) is 37.4 Å². The van der Waals surface area contributed by atoms with Crippen molar-refractivity contribution in [2.45, 2.75) is 137 Å². The van der Waals surface area contributed by atoms with Gasteiger partial charge in [-0.2, -0.15) is 16.8 Å². The van der Waals surface area contributed by atoms with Crippen LogP contribution in [0.4, 0.5) is 0 Å². The Balaban J connectivity index is 1.69. The number of aliphatic carboxylic acids is 2. The topological polar surface area (TPSA) is 468 Å². The Morgan fingerprint density at radius 2 is 0.915 bits per heavy atom. The van der Waals surface area contributed by atoms with Gasteiger partial charge >= 0.3 is 11.9 Å². The van der Waals surface area contributed by atoms with Gasteiger partial charge in [0.1, 0.15) is 96.8 Å². The third-order valence-electron chi connectivity index (χ3n) is 9.33. The Labute approximate surface area is 331 Å². The zero-order chi connectivity index (χ0) is 44.6. The van der Waals surface area contributed by atoms with E-state index in [0.29, 0.717) is 0 Å². The first kappa shape index (κ1) is 48.8. The molecule has 2 amide bonds. The summed E-state index contributed by atoms with van der Waals surface area (Å²) in [5, 5.41) is 110. The summed E-state index contributed by atoms with van der Waals surface area (Å²) in [6.07, 6.45) is -41.2. The van der Waals surface area contributed by atoms with Crippen molar-refractivity contribution in [3.63, 3.8) is 0 Å². The Bertz CT molecular complexity index is 1750. The molecule has 4 aliphatic heterocycles. The van der Waals surface area contributed by atoms with Crippen molar-refractivity contribution in [1.29, 1.82) is 0 Å². The number of hydrogen-bond acceptors (Lipinski definition) is 23. The van der Waals surface area contributed by atoms with Crippen LogP contribution in [0.1, 0.15) is 13.8 Å². The third-order valence-corrected chi connectivity index (χ3v) is 10.8. The number of aliphatic hydroxyl groups excluding tert-OH is 8. The van der Waals surface area contributed by atoms with Gasteiger partial charge < -0.3 is 94.9 Å². The average Bonchev–Trinajstić information content (AvgIpc) is 3.09. The summed E-state index contributed by atoms with van der Waals surface area (Å²) in [5.74, 6) is -8.68. The molecule has 0 spiro atoms. The average molecular weight is 905 g/mol. The van der Waals surface area contributed by atoms with E-state index in [-0.39, 0.29) is 0 Å². The number of carboxylic acid groups (broad SMARTS) is 2. The molecule has 0 aliphatic carbocycles. The van der Waals surface area contributed by atoms with Crippen molar-refractivity contribution in [3.05, 3.63) is 0 Å². The number of carboxylic acids is 2. The van der Waals surface area contributed by atoms with Crippen molar-refractivity contribution in [2.24, 2.45) is 0 Å². The maximum absolute atomic E-state index is 12.6. The summed E-state index contributed by atoms with van der Waals surface area (Å²) in [6.45, 7) is 1.79. The lowest BCUT2D eigenvalue weighted by Gasteiger charge is -2.49. The lowest BCUT2D eigenvalue weighted by molar-refractivity contribution is -0.366. The minimum absolute atomic E-state index is 0.859. The first-order valence-corrected chi connectivity index (χ1v) is 20.3. The van der Waals surface area contributed by atoms with Crippen molar-refractivity contribution in [1.82, 2.24) is 10.6 Å². The molecule has 0 aromatic carbocycles. The highest BCUT2D eigenvalue weighted by Gasteiger charge is 2.58. The van der Waals surface area contributed by atoms with Crippen molar-refractivity contribution < 1.29 is 129 Å². The van der Waals surface area contributed by atoms with Crippen molar-refractivity contribution in [2.75, 3.05) is 11.5 Å². The van der Waals surface area contributed by atoms with Crippen molar-refractivity contribution in [3.8, 4) is 0 Å². The van der Waals surface area contributed by atoms with Crippen LogP contribution < -0.4 is 10.6 Å². The molecule has 0 unspecified atom stereocenters. The summed E-state index contributed by atoms with van der Waals surface area (Å²) >= 11 is 0. The number of carbonyl (C=O) groups is 4. The van der Waals surface area contributed by atoms with Crippen LogP contribution in [0.5, 0.6) is 0 Å². The predicted molar refractivity (Wildman–Crippen MR) is 177 cm³/mol. The number of nitrogens with one attached hydrogen (secondary N) is 2. The summed E-state index contributed by atoms with van der Waals surface area (Å²) in [6, 6.07) is -3.85. The van der Waals surface area contributed by atoms with E-state index in [0.717, 1.165) is 13.8 Å². The molecule has 0 aromatic rings. The van der Waals surface area contributed by atoms with E-state index < -0.39 is 178 Å². The van der Waals surface area contributed by atoms with Gasteiger partial charge in [0.05, 0.1) is 0 Å². The SMILES string of the molecule is CC(=O)N[C@@H]1[C@@H](O[C@@H]2O[C@H](C(=O)O)[C@@H](O[C@@H]3O[C@H](CS(=O)(=O)O)[C@H](O)[C@H](O[C@@H]4O[C@H](C(=O)O)[C@@H](O)[C@H](O)[C@H]4O)[C@H]3NC(C)=O)[C@H](O)[C@H]2O)[C@@H](O)[C@@H](CS(=O)(=O)O)O[C@H]1O. The highest BCUT2D eigenvalue weighted by molar-refractivity contribution is 7.86. The van der Waals surface area contributed by atoms with Crippen LogP contribution in [0.2, 0.25) is 0 Å².